The van der Waals surface area contributed by atoms with Gasteiger partial charge in [0.05, 0.1) is 21.3 Å². The predicted octanol–water partition coefficient (Wildman–Crippen LogP) is 2.52. The molecule has 9 heteroatoms. The molecule has 1 unspecified atom stereocenters. The highest BCUT2D eigenvalue weighted by Crippen LogP contribution is 2.41. The van der Waals surface area contributed by atoms with E-state index in [4.69, 9.17) is 18.9 Å². The van der Waals surface area contributed by atoms with E-state index in [1.54, 1.807) is 49.2 Å². The molecule has 2 aromatic heterocycles. The maximum Gasteiger partial charge on any atom is 0.307 e. The van der Waals surface area contributed by atoms with E-state index in [0.29, 0.717) is 51.3 Å². The van der Waals surface area contributed by atoms with Gasteiger partial charge in [0.1, 0.15) is 30.0 Å². The van der Waals surface area contributed by atoms with Crippen LogP contribution < -0.4 is 29.6 Å². The van der Waals surface area contributed by atoms with Gasteiger partial charge in [-0.25, -0.2) is 4.98 Å². The minimum Gasteiger partial charge on any atom is -0.868 e. The Balaban J connectivity index is 1.57. The minimum absolute atomic E-state index is 0.131. The monoisotopic (exact) mass is 458 g/mol. The second-order valence-corrected chi connectivity index (χ2v) is 9.58. The summed E-state index contributed by atoms with van der Waals surface area (Å²) < 4.78 is 23.7. The molecule has 0 N–H and O–H groups in total. The summed E-state index contributed by atoms with van der Waals surface area (Å²) in [5, 5.41) is 13.6. The summed E-state index contributed by atoms with van der Waals surface area (Å²) in [6.07, 6.45) is 5.41. The SMILES string of the molecule is COc1cc(OCC[S+](C)c2c([O-])c3cccnc3n(C3CC3)c2=O)cc(OC)c1OC. The van der Waals surface area contributed by atoms with Crippen LogP contribution in [0, 0.1) is 0 Å². The zero-order chi connectivity index (χ0) is 22.8. The quantitative estimate of drug-likeness (QED) is 0.455. The largest absolute Gasteiger partial charge is 0.868 e. The Morgan fingerprint density at radius 1 is 1.16 bits per heavy atom. The van der Waals surface area contributed by atoms with Crippen molar-refractivity contribution >= 4 is 21.9 Å². The van der Waals surface area contributed by atoms with E-state index in [0.717, 1.165) is 12.8 Å². The van der Waals surface area contributed by atoms with Crippen molar-refractivity contribution in [3.8, 4) is 28.7 Å². The topological polar surface area (TPSA) is 94.9 Å². The van der Waals surface area contributed by atoms with E-state index in [1.807, 2.05) is 6.26 Å². The molecule has 1 atom stereocenters. The van der Waals surface area contributed by atoms with Crippen LogP contribution in [0.4, 0.5) is 0 Å². The Hall–Kier alpha value is -3.07. The van der Waals surface area contributed by atoms with Crippen LogP contribution in [0.5, 0.6) is 28.7 Å². The van der Waals surface area contributed by atoms with Crippen LogP contribution in [0.15, 0.2) is 40.2 Å². The molecule has 1 saturated carbocycles. The fourth-order valence-corrected chi connectivity index (χ4v) is 5.06. The van der Waals surface area contributed by atoms with Crippen molar-refractivity contribution in [2.24, 2.45) is 0 Å². The van der Waals surface area contributed by atoms with Crippen LogP contribution in [-0.4, -0.2) is 49.5 Å². The van der Waals surface area contributed by atoms with Crippen LogP contribution in [0.1, 0.15) is 18.9 Å². The first-order valence-electron chi connectivity index (χ1n) is 10.3. The zero-order valence-corrected chi connectivity index (χ0v) is 19.4. The molecule has 1 fully saturated rings. The van der Waals surface area contributed by atoms with Crippen LogP contribution in [0.2, 0.25) is 0 Å². The lowest BCUT2D eigenvalue weighted by Crippen LogP contribution is -2.30. The van der Waals surface area contributed by atoms with Crippen molar-refractivity contribution in [1.82, 2.24) is 9.55 Å². The number of hydrogen-bond acceptors (Lipinski definition) is 7. The molecular weight excluding hydrogens is 432 g/mol. The second kappa shape index (κ2) is 9.20. The Kier molecular flexibility index (Phi) is 6.36. The molecular formula is C23H26N2O6S. The first-order valence-corrected chi connectivity index (χ1v) is 12.1. The molecule has 0 spiro atoms. The molecule has 170 valence electrons. The molecule has 1 aromatic carbocycles. The lowest BCUT2D eigenvalue weighted by atomic mass is 10.2. The van der Waals surface area contributed by atoms with Crippen LogP contribution in [0.3, 0.4) is 0 Å². The predicted molar refractivity (Wildman–Crippen MR) is 122 cm³/mol. The Bertz CT molecular complexity index is 1170. The van der Waals surface area contributed by atoms with Crippen LogP contribution in [-0.2, 0) is 10.9 Å². The van der Waals surface area contributed by atoms with E-state index in [2.05, 4.69) is 4.98 Å². The summed E-state index contributed by atoms with van der Waals surface area (Å²) in [6, 6.07) is 7.05. The summed E-state index contributed by atoms with van der Waals surface area (Å²) in [4.78, 5) is 17.9. The van der Waals surface area contributed by atoms with Gasteiger partial charge in [-0.05, 0) is 24.7 Å². The summed E-state index contributed by atoms with van der Waals surface area (Å²) in [5.74, 6) is 2.32. The molecule has 4 rings (SSSR count). The highest BCUT2D eigenvalue weighted by molar-refractivity contribution is 7.96. The average molecular weight is 459 g/mol. The lowest BCUT2D eigenvalue weighted by molar-refractivity contribution is -0.270. The van der Waals surface area contributed by atoms with E-state index in [-0.39, 0.29) is 17.4 Å². The van der Waals surface area contributed by atoms with Gasteiger partial charge in [-0.1, -0.05) is 6.07 Å². The Morgan fingerprint density at radius 3 is 2.44 bits per heavy atom. The van der Waals surface area contributed by atoms with Crippen LogP contribution in [0.25, 0.3) is 11.0 Å². The number of hydrogen-bond donors (Lipinski definition) is 0. The molecule has 1 aliphatic carbocycles. The first kappa shape index (κ1) is 22.1. The molecule has 0 bridgehead atoms. The van der Waals surface area contributed by atoms with Crippen molar-refractivity contribution in [1.29, 1.82) is 0 Å². The van der Waals surface area contributed by atoms with Gasteiger partial charge in [-0.15, -0.1) is 0 Å². The highest BCUT2D eigenvalue weighted by atomic mass is 32.2. The Labute approximate surface area is 189 Å². The lowest BCUT2D eigenvalue weighted by Gasteiger charge is -2.18. The first-order chi connectivity index (χ1) is 15.5. The van der Waals surface area contributed by atoms with Crippen molar-refractivity contribution in [2.75, 3.05) is 39.9 Å². The van der Waals surface area contributed by atoms with Gasteiger partial charge < -0.3 is 24.1 Å². The van der Waals surface area contributed by atoms with Gasteiger partial charge in [0.15, 0.2) is 11.5 Å². The van der Waals surface area contributed by atoms with E-state index >= 15 is 0 Å². The van der Waals surface area contributed by atoms with Crippen molar-refractivity contribution in [2.45, 2.75) is 23.8 Å². The van der Waals surface area contributed by atoms with Gasteiger partial charge in [-0.2, -0.15) is 0 Å². The van der Waals surface area contributed by atoms with E-state index in [9.17, 15) is 9.90 Å². The van der Waals surface area contributed by atoms with E-state index < -0.39 is 10.9 Å². The third-order valence-electron chi connectivity index (χ3n) is 5.44. The number of benzene rings is 1. The average Bonchev–Trinajstić information content (AvgIpc) is 3.63. The van der Waals surface area contributed by atoms with Crippen LogP contribution >= 0.6 is 0 Å². The number of aromatic nitrogens is 2. The molecule has 3 aromatic rings. The molecule has 0 saturated heterocycles. The van der Waals surface area contributed by atoms with Gasteiger partial charge in [0.25, 0.3) is 0 Å². The van der Waals surface area contributed by atoms with Gasteiger partial charge >= 0.3 is 5.56 Å². The summed E-state index contributed by atoms with van der Waals surface area (Å²) in [6.45, 7) is 0.325. The molecule has 0 aliphatic heterocycles. The number of ether oxygens (including phenoxy) is 4. The highest BCUT2D eigenvalue weighted by Gasteiger charge is 2.32. The molecule has 2 heterocycles. The smallest absolute Gasteiger partial charge is 0.307 e. The Morgan fingerprint density at radius 2 is 1.84 bits per heavy atom. The maximum absolute atomic E-state index is 13.2. The zero-order valence-electron chi connectivity index (χ0n) is 18.5. The number of fused-ring (bicyclic) bond motifs is 1. The van der Waals surface area contributed by atoms with Gasteiger partial charge in [0, 0.05) is 40.7 Å². The molecule has 1 aliphatic rings. The summed E-state index contributed by atoms with van der Waals surface area (Å²) >= 11 is 0. The van der Waals surface area contributed by atoms with E-state index in [1.165, 1.54) is 7.11 Å². The van der Waals surface area contributed by atoms with Crippen molar-refractivity contribution in [3.63, 3.8) is 0 Å². The molecule has 8 nitrogen and oxygen atoms in total. The molecule has 0 amide bonds. The van der Waals surface area contributed by atoms with Gasteiger partial charge in [0.2, 0.25) is 10.6 Å². The normalized spacial score (nSPS) is 14.2. The number of rotatable bonds is 9. The fraction of sp³-hybridized carbons (Fsp3) is 0.391. The number of nitrogens with zero attached hydrogens (tertiary/aromatic N) is 2. The molecule has 32 heavy (non-hydrogen) atoms. The minimum atomic E-state index is -0.591. The molecule has 0 radical (unpaired) electrons. The maximum atomic E-state index is 13.2. The number of pyridine rings is 2. The van der Waals surface area contributed by atoms with Crippen molar-refractivity contribution < 1.29 is 24.1 Å². The second-order valence-electron chi connectivity index (χ2n) is 7.49. The third-order valence-corrected chi connectivity index (χ3v) is 7.27. The fourth-order valence-electron chi connectivity index (χ4n) is 3.70. The third kappa shape index (κ3) is 4.04. The van der Waals surface area contributed by atoms with Crippen molar-refractivity contribution in [3.05, 3.63) is 40.8 Å². The number of methoxy groups -OCH3 is 3. The summed E-state index contributed by atoms with van der Waals surface area (Å²) in [5.41, 5.74) is 0.266. The standard InChI is InChI=1S/C23H26N2O6S/c1-28-17-12-15(13-18(29-2)20(17)30-3)31-10-11-32(4)21-19(26)16-6-5-9-24-22(16)25(23(21)27)14-7-8-14/h5-6,9,12-14H,7-8,10-11H2,1-4H3. The summed E-state index contributed by atoms with van der Waals surface area (Å²) in [7, 11) is 4.03. The van der Waals surface area contributed by atoms with Gasteiger partial charge in [-0.3, -0.25) is 9.36 Å².